The van der Waals surface area contributed by atoms with Crippen molar-refractivity contribution in [2.75, 3.05) is 19.7 Å². The molecule has 0 spiro atoms. The standard InChI is InChI=1S/C29H35N5O4SSi/c1-21-9-13-33(39(36,37)27-8-6-5-7-22(27)17-30)19-25(21)34-14-11-26(35)24-18-31-29-23(28(24)34)10-12-32(29)20-38-15-16-40(2,3)4/h5-8,10-12,14,18,21,25H,9,13,15-16,19-20H2,1-4H3/t21-,25+/m1/s1. The van der Waals surface area contributed by atoms with Crippen LogP contribution in [0.5, 0.6) is 0 Å². The van der Waals surface area contributed by atoms with Gasteiger partial charge in [0.15, 0.2) is 5.43 Å². The van der Waals surface area contributed by atoms with E-state index in [2.05, 4.69) is 31.5 Å². The topological polar surface area (TPSA) is 110 Å². The van der Waals surface area contributed by atoms with Crippen LogP contribution in [-0.2, 0) is 21.5 Å². The van der Waals surface area contributed by atoms with E-state index in [0.29, 0.717) is 31.7 Å². The summed E-state index contributed by atoms with van der Waals surface area (Å²) in [5.74, 6) is 0.151. The molecule has 1 saturated heterocycles. The van der Waals surface area contributed by atoms with Gasteiger partial charge in [-0.2, -0.15) is 9.57 Å². The van der Waals surface area contributed by atoms with E-state index in [-0.39, 0.29) is 34.4 Å². The predicted molar refractivity (Wildman–Crippen MR) is 158 cm³/mol. The van der Waals surface area contributed by atoms with Gasteiger partial charge in [0.05, 0.1) is 27.4 Å². The molecule has 0 bridgehead atoms. The Labute approximate surface area is 235 Å². The number of nitrogens with zero attached hydrogens (tertiary/aromatic N) is 5. The van der Waals surface area contributed by atoms with Gasteiger partial charge in [-0.15, -0.1) is 0 Å². The first-order valence-corrected chi connectivity index (χ1v) is 18.7. The van der Waals surface area contributed by atoms with Gasteiger partial charge in [-0.3, -0.25) is 4.79 Å². The fourth-order valence-corrected chi connectivity index (χ4v) is 7.71. The minimum atomic E-state index is -3.89. The quantitative estimate of drug-likeness (QED) is 0.220. The summed E-state index contributed by atoms with van der Waals surface area (Å²) < 4.78 is 38.7. The summed E-state index contributed by atoms with van der Waals surface area (Å²) in [5, 5.41) is 10.8. The lowest BCUT2D eigenvalue weighted by Gasteiger charge is -2.38. The molecule has 0 unspecified atom stereocenters. The van der Waals surface area contributed by atoms with Crippen molar-refractivity contribution < 1.29 is 13.2 Å². The van der Waals surface area contributed by atoms with Crippen LogP contribution < -0.4 is 5.43 Å². The lowest BCUT2D eigenvalue weighted by atomic mass is 9.94. The molecule has 4 heterocycles. The number of sulfonamides is 1. The van der Waals surface area contributed by atoms with Crippen molar-refractivity contribution in [1.29, 1.82) is 5.26 Å². The highest BCUT2D eigenvalue weighted by Gasteiger charge is 2.36. The third-order valence-corrected chi connectivity index (χ3v) is 11.4. The van der Waals surface area contributed by atoms with Gasteiger partial charge in [0.25, 0.3) is 0 Å². The van der Waals surface area contributed by atoms with Crippen molar-refractivity contribution in [1.82, 2.24) is 18.4 Å². The molecule has 3 aromatic heterocycles. The van der Waals surface area contributed by atoms with Gasteiger partial charge < -0.3 is 13.9 Å². The number of piperidine rings is 1. The zero-order valence-electron chi connectivity index (χ0n) is 23.4. The van der Waals surface area contributed by atoms with Crippen LogP contribution in [0.4, 0.5) is 0 Å². The van der Waals surface area contributed by atoms with E-state index in [0.717, 1.165) is 22.6 Å². The highest BCUT2D eigenvalue weighted by molar-refractivity contribution is 7.89. The molecule has 1 aliphatic rings. The third kappa shape index (κ3) is 5.36. The second kappa shape index (κ2) is 10.9. The number of nitriles is 1. The molecule has 2 atom stereocenters. The van der Waals surface area contributed by atoms with Crippen LogP contribution in [-0.4, -0.2) is 54.6 Å². The minimum absolute atomic E-state index is 0.0216. The first kappa shape index (κ1) is 28.2. The van der Waals surface area contributed by atoms with Crippen LogP contribution in [0.3, 0.4) is 0 Å². The van der Waals surface area contributed by atoms with Gasteiger partial charge in [0.2, 0.25) is 10.0 Å². The first-order valence-electron chi connectivity index (χ1n) is 13.6. The van der Waals surface area contributed by atoms with E-state index in [1.54, 1.807) is 24.5 Å². The first-order chi connectivity index (χ1) is 19.0. The Bertz CT molecular complexity index is 1770. The minimum Gasteiger partial charge on any atom is -0.361 e. The van der Waals surface area contributed by atoms with Crippen molar-refractivity contribution in [3.05, 3.63) is 70.8 Å². The number of aromatic nitrogens is 3. The van der Waals surface area contributed by atoms with Crippen LogP contribution in [0, 0.1) is 17.2 Å². The zero-order chi connectivity index (χ0) is 28.7. The molecule has 0 radical (unpaired) electrons. The lowest BCUT2D eigenvalue weighted by Crippen LogP contribution is -2.44. The molecule has 11 heteroatoms. The lowest BCUT2D eigenvalue weighted by molar-refractivity contribution is 0.0899. The average molecular weight is 578 g/mol. The molecule has 210 valence electrons. The predicted octanol–water partition coefficient (Wildman–Crippen LogP) is 4.81. The fourth-order valence-electron chi connectivity index (χ4n) is 5.34. The number of benzene rings is 1. The van der Waals surface area contributed by atoms with E-state index in [4.69, 9.17) is 4.74 Å². The highest BCUT2D eigenvalue weighted by Crippen LogP contribution is 2.35. The normalized spacial score (nSPS) is 18.8. The van der Waals surface area contributed by atoms with Crippen molar-refractivity contribution in [2.45, 2.75) is 56.7 Å². The van der Waals surface area contributed by atoms with E-state index in [9.17, 15) is 18.5 Å². The summed E-state index contributed by atoms with van der Waals surface area (Å²) in [6.45, 7) is 10.7. The second-order valence-corrected chi connectivity index (χ2v) is 19.3. The van der Waals surface area contributed by atoms with Crippen molar-refractivity contribution in [3.8, 4) is 6.07 Å². The summed E-state index contributed by atoms with van der Waals surface area (Å²) in [6, 6.07) is 12.6. The number of hydrogen-bond donors (Lipinski definition) is 0. The van der Waals surface area contributed by atoms with Crippen LogP contribution in [0.25, 0.3) is 21.9 Å². The van der Waals surface area contributed by atoms with E-state index >= 15 is 0 Å². The highest BCUT2D eigenvalue weighted by atomic mass is 32.2. The van der Waals surface area contributed by atoms with Gasteiger partial charge in [0, 0.05) is 57.8 Å². The molecule has 0 amide bonds. The third-order valence-electron chi connectivity index (χ3n) is 7.76. The molecule has 4 aromatic rings. The van der Waals surface area contributed by atoms with Gasteiger partial charge >= 0.3 is 0 Å². The number of fused-ring (bicyclic) bond motifs is 3. The smallest absolute Gasteiger partial charge is 0.244 e. The Morgan fingerprint density at radius 3 is 2.65 bits per heavy atom. The molecule has 5 rings (SSSR count). The van der Waals surface area contributed by atoms with Crippen molar-refractivity contribution in [2.24, 2.45) is 5.92 Å². The monoisotopic (exact) mass is 577 g/mol. The van der Waals surface area contributed by atoms with Gasteiger partial charge in [-0.05, 0) is 36.6 Å². The molecular formula is C29H35N5O4SSi. The van der Waals surface area contributed by atoms with Gasteiger partial charge in [-0.25, -0.2) is 13.4 Å². The number of ether oxygens (including phenoxy) is 1. The van der Waals surface area contributed by atoms with E-state index < -0.39 is 18.1 Å². The summed E-state index contributed by atoms with van der Waals surface area (Å²) in [5.41, 5.74) is 1.46. The summed E-state index contributed by atoms with van der Waals surface area (Å²) >= 11 is 0. The van der Waals surface area contributed by atoms with Gasteiger partial charge in [-0.1, -0.05) is 38.7 Å². The maximum Gasteiger partial charge on any atom is 0.244 e. The zero-order valence-corrected chi connectivity index (χ0v) is 25.2. The molecular weight excluding hydrogens is 543 g/mol. The van der Waals surface area contributed by atoms with Crippen LogP contribution in [0.15, 0.2) is 64.7 Å². The summed E-state index contributed by atoms with van der Waals surface area (Å²) in [7, 11) is -5.09. The maximum absolute atomic E-state index is 13.7. The van der Waals surface area contributed by atoms with Crippen molar-refractivity contribution >= 4 is 40.0 Å². The second-order valence-electron chi connectivity index (χ2n) is 11.8. The Morgan fingerprint density at radius 2 is 1.90 bits per heavy atom. The molecule has 1 aromatic carbocycles. The molecule has 0 saturated carbocycles. The van der Waals surface area contributed by atoms with Crippen LogP contribution in [0.2, 0.25) is 25.7 Å². The molecule has 1 fully saturated rings. The number of pyridine rings is 2. The Morgan fingerprint density at radius 1 is 1.12 bits per heavy atom. The Hall–Kier alpha value is -3.30. The SMILES string of the molecule is C[C@@H]1CCN(S(=O)(=O)c2ccccc2C#N)C[C@@H]1n1ccc(=O)c2cnc3c(ccn3COCC[Si](C)(C)C)c21. The maximum atomic E-state index is 13.7. The molecule has 0 N–H and O–H groups in total. The van der Waals surface area contributed by atoms with E-state index in [1.165, 1.54) is 22.5 Å². The Balaban J connectivity index is 1.53. The summed E-state index contributed by atoms with van der Waals surface area (Å²) in [4.78, 5) is 17.6. The number of hydrogen-bond acceptors (Lipinski definition) is 6. The fraction of sp³-hybridized carbons (Fsp3) is 0.414. The average Bonchev–Trinajstić information content (AvgIpc) is 3.34. The molecule has 9 nitrogen and oxygen atoms in total. The van der Waals surface area contributed by atoms with Crippen LogP contribution >= 0.6 is 0 Å². The molecule has 40 heavy (non-hydrogen) atoms. The van der Waals surface area contributed by atoms with Crippen molar-refractivity contribution in [3.63, 3.8) is 0 Å². The largest absolute Gasteiger partial charge is 0.361 e. The van der Waals surface area contributed by atoms with E-state index in [1.807, 2.05) is 27.5 Å². The van der Waals surface area contributed by atoms with Crippen LogP contribution in [0.1, 0.15) is 24.9 Å². The number of rotatable bonds is 8. The molecule has 1 aliphatic heterocycles. The van der Waals surface area contributed by atoms with Gasteiger partial charge in [0.1, 0.15) is 18.4 Å². The molecule has 0 aliphatic carbocycles. The summed E-state index contributed by atoms with van der Waals surface area (Å²) in [6.07, 6.45) is 5.95. The Kier molecular flexibility index (Phi) is 7.72.